The predicted molar refractivity (Wildman–Crippen MR) is 71.3 cm³/mol. The van der Waals surface area contributed by atoms with Gasteiger partial charge in [-0.05, 0) is 35.7 Å². The van der Waals surface area contributed by atoms with Gasteiger partial charge in [0.1, 0.15) is 5.82 Å². The second-order valence-corrected chi connectivity index (χ2v) is 4.73. The van der Waals surface area contributed by atoms with Gasteiger partial charge in [0, 0.05) is 6.42 Å². The Balaban J connectivity index is 2.19. The standard InChI is InChI=1S/C15H14ClFO/c1-10-4-2-3-5-11(10)9-15(18)12-6-7-14(17)13(16)8-12/h2-8,15,18H,9H2,1H3. The van der Waals surface area contributed by atoms with Gasteiger partial charge in [-0.15, -0.1) is 0 Å². The summed E-state index contributed by atoms with van der Waals surface area (Å²) in [6.45, 7) is 2.00. The smallest absolute Gasteiger partial charge is 0.141 e. The van der Waals surface area contributed by atoms with Crippen molar-refractivity contribution in [3.05, 3.63) is 70.0 Å². The summed E-state index contributed by atoms with van der Waals surface area (Å²) < 4.78 is 13.0. The maximum absolute atomic E-state index is 13.0. The van der Waals surface area contributed by atoms with Crippen molar-refractivity contribution >= 4 is 11.6 Å². The molecule has 2 aromatic carbocycles. The molecule has 0 aromatic heterocycles. The average molecular weight is 265 g/mol. The van der Waals surface area contributed by atoms with E-state index in [4.69, 9.17) is 11.6 Å². The third-order valence-corrected chi connectivity index (χ3v) is 3.29. The van der Waals surface area contributed by atoms with Gasteiger partial charge in [-0.3, -0.25) is 0 Å². The lowest BCUT2D eigenvalue weighted by Gasteiger charge is -2.13. The Bertz CT molecular complexity index is 554. The lowest BCUT2D eigenvalue weighted by Crippen LogP contribution is -2.03. The highest BCUT2D eigenvalue weighted by atomic mass is 35.5. The van der Waals surface area contributed by atoms with Gasteiger partial charge < -0.3 is 5.11 Å². The fraction of sp³-hybridized carbons (Fsp3) is 0.200. The van der Waals surface area contributed by atoms with E-state index in [1.54, 1.807) is 6.07 Å². The van der Waals surface area contributed by atoms with E-state index in [1.807, 2.05) is 31.2 Å². The van der Waals surface area contributed by atoms with E-state index in [1.165, 1.54) is 12.1 Å². The Kier molecular flexibility index (Phi) is 4.00. The topological polar surface area (TPSA) is 20.2 Å². The van der Waals surface area contributed by atoms with Crippen LogP contribution in [-0.2, 0) is 6.42 Å². The Morgan fingerprint density at radius 2 is 1.94 bits per heavy atom. The first-order chi connectivity index (χ1) is 8.58. The summed E-state index contributed by atoms with van der Waals surface area (Å²) in [5.74, 6) is -0.469. The molecule has 0 fully saturated rings. The normalized spacial score (nSPS) is 12.4. The SMILES string of the molecule is Cc1ccccc1CC(O)c1ccc(F)c(Cl)c1. The fourth-order valence-corrected chi connectivity index (χ4v) is 2.07. The van der Waals surface area contributed by atoms with Crippen LogP contribution in [0.2, 0.25) is 5.02 Å². The summed E-state index contributed by atoms with van der Waals surface area (Å²) in [5.41, 5.74) is 2.83. The van der Waals surface area contributed by atoms with Crippen molar-refractivity contribution in [1.82, 2.24) is 0 Å². The number of halogens is 2. The minimum absolute atomic E-state index is 0.0383. The lowest BCUT2D eigenvalue weighted by atomic mass is 9.98. The third-order valence-electron chi connectivity index (χ3n) is 3.00. The van der Waals surface area contributed by atoms with E-state index in [0.717, 1.165) is 11.1 Å². The number of aliphatic hydroxyl groups is 1. The Labute approximate surface area is 111 Å². The Morgan fingerprint density at radius 3 is 2.61 bits per heavy atom. The number of aryl methyl sites for hydroxylation is 1. The quantitative estimate of drug-likeness (QED) is 0.886. The van der Waals surface area contributed by atoms with E-state index in [2.05, 4.69) is 0 Å². The zero-order valence-corrected chi connectivity index (χ0v) is 10.8. The van der Waals surface area contributed by atoms with Crippen molar-refractivity contribution in [3.63, 3.8) is 0 Å². The summed E-state index contributed by atoms with van der Waals surface area (Å²) in [5, 5.41) is 10.2. The molecular weight excluding hydrogens is 251 g/mol. The van der Waals surface area contributed by atoms with Crippen LogP contribution in [-0.4, -0.2) is 5.11 Å². The highest BCUT2D eigenvalue weighted by molar-refractivity contribution is 6.30. The molecule has 2 aromatic rings. The summed E-state index contributed by atoms with van der Waals surface area (Å²) >= 11 is 5.71. The third kappa shape index (κ3) is 2.89. The molecule has 0 heterocycles. The zero-order valence-electron chi connectivity index (χ0n) is 10.0. The predicted octanol–water partition coefficient (Wildman–Crippen LogP) is 4.06. The van der Waals surface area contributed by atoms with Gasteiger partial charge in [0.2, 0.25) is 0 Å². The second-order valence-electron chi connectivity index (χ2n) is 4.32. The first kappa shape index (κ1) is 13.1. The van der Waals surface area contributed by atoms with Crippen LogP contribution >= 0.6 is 11.6 Å². The van der Waals surface area contributed by atoms with Gasteiger partial charge in [0.05, 0.1) is 11.1 Å². The molecule has 0 aliphatic carbocycles. The molecule has 0 saturated heterocycles. The first-order valence-corrected chi connectivity index (χ1v) is 6.13. The first-order valence-electron chi connectivity index (χ1n) is 5.75. The molecule has 1 nitrogen and oxygen atoms in total. The lowest BCUT2D eigenvalue weighted by molar-refractivity contribution is 0.178. The summed E-state index contributed by atoms with van der Waals surface area (Å²) in [4.78, 5) is 0. The van der Waals surface area contributed by atoms with Crippen molar-refractivity contribution < 1.29 is 9.50 Å². The molecular formula is C15H14ClFO. The summed E-state index contributed by atoms with van der Waals surface area (Å²) in [6, 6.07) is 12.2. The molecule has 0 aliphatic heterocycles. The van der Waals surface area contributed by atoms with Crippen molar-refractivity contribution in [2.45, 2.75) is 19.4 Å². The maximum Gasteiger partial charge on any atom is 0.141 e. The Morgan fingerprint density at radius 1 is 1.22 bits per heavy atom. The fourth-order valence-electron chi connectivity index (χ4n) is 1.88. The van der Waals surface area contributed by atoms with Crippen LogP contribution in [0.3, 0.4) is 0 Å². The van der Waals surface area contributed by atoms with E-state index in [-0.39, 0.29) is 5.02 Å². The van der Waals surface area contributed by atoms with Crippen molar-refractivity contribution in [2.75, 3.05) is 0 Å². The largest absolute Gasteiger partial charge is 0.388 e. The van der Waals surface area contributed by atoms with E-state index < -0.39 is 11.9 Å². The minimum Gasteiger partial charge on any atom is -0.388 e. The molecule has 94 valence electrons. The van der Waals surface area contributed by atoms with Crippen molar-refractivity contribution in [3.8, 4) is 0 Å². The molecule has 0 bridgehead atoms. The maximum atomic E-state index is 13.0. The highest BCUT2D eigenvalue weighted by Gasteiger charge is 2.11. The number of hydrogen-bond acceptors (Lipinski definition) is 1. The average Bonchev–Trinajstić information content (AvgIpc) is 2.35. The van der Waals surface area contributed by atoms with Crippen LogP contribution in [0.25, 0.3) is 0 Å². The van der Waals surface area contributed by atoms with Gasteiger partial charge in [-0.25, -0.2) is 4.39 Å². The molecule has 0 radical (unpaired) electrons. The molecule has 1 unspecified atom stereocenters. The molecule has 0 saturated carbocycles. The van der Waals surface area contributed by atoms with E-state index >= 15 is 0 Å². The molecule has 3 heteroatoms. The zero-order chi connectivity index (χ0) is 13.1. The van der Waals surface area contributed by atoms with Gasteiger partial charge in [0.25, 0.3) is 0 Å². The second kappa shape index (κ2) is 5.51. The van der Waals surface area contributed by atoms with Crippen LogP contribution in [0.4, 0.5) is 4.39 Å². The number of hydrogen-bond donors (Lipinski definition) is 1. The van der Waals surface area contributed by atoms with Gasteiger partial charge in [-0.2, -0.15) is 0 Å². The summed E-state index contributed by atoms with van der Waals surface area (Å²) in [6.07, 6.45) is -0.182. The molecule has 1 N–H and O–H groups in total. The Hall–Kier alpha value is -1.38. The molecule has 2 rings (SSSR count). The number of rotatable bonds is 3. The van der Waals surface area contributed by atoms with Gasteiger partial charge in [-0.1, -0.05) is 41.9 Å². The van der Waals surface area contributed by atoms with Crippen LogP contribution in [0.5, 0.6) is 0 Å². The minimum atomic E-state index is -0.677. The van der Waals surface area contributed by atoms with Crippen molar-refractivity contribution in [1.29, 1.82) is 0 Å². The molecule has 1 atom stereocenters. The van der Waals surface area contributed by atoms with E-state index in [0.29, 0.717) is 12.0 Å². The van der Waals surface area contributed by atoms with Crippen LogP contribution in [0.1, 0.15) is 22.8 Å². The number of benzene rings is 2. The van der Waals surface area contributed by atoms with Crippen LogP contribution < -0.4 is 0 Å². The van der Waals surface area contributed by atoms with Crippen molar-refractivity contribution in [2.24, 2.45) is 0 Å². The molecule has 0 aliphatic rings. The van der Waals surface area contributed by atoms with E-state index in [9.17, 15) is 9.50 Å². The van der Waals surface area contributed by atoms with Gasteiger partial charge >= 0.3 is 0 Å². The van der Waals surface area contributed by atoms with Crippen LogP contribution in [0, 0.1) is 12.7 Å². The summed E-state index contributed by atoms with van der Waals surface area (Å²) in [7, 11) is 0. The number of aliphatic hydroxyl groups excluding tert-OH is 1. The molecule has 0 amide bonds. The van der Waals surface area contributed by atoms with Crippen LogP contribution in [0.15, 0.2) is 42.5 Å². The monoisotopic (exact) mass is 264 g/mol. The highest BCUT2D eigenvalue weighted by Crippen LogP contribution is 2.24. The molecule has 0 spiro atoms. The molecule has 18 heavy (non-hydrogen) atoms. The van der Waals surface area contributed by atoms with Gasteiger partial charge in [0.15, 0.2) is 0 Å².